The number of alkyl halides is 3. The molecule has 2 unspecified atom stereocenters. The molecule has 1 saturated carbocycles. The van der Waals surface area contributed by atoms with Gasteiger partial charge in [-0.1, -0.05) is 12.2 Å². The Hall–Kier alpha value is -2.38. The van der Waals surface area contributed by atoms with E-state index in [-0.39, 0.29) is 5.69 Å². The lowest BCUT2D eigenvalue weighted by Gasteiger charge is -2.31. The topological polar surface area (TPSA) is 67.5 Å². The second-order valence-electron chi connectivity index (χ2n) is 5.34. The van der Waals surface area contributed by atoms with Crippen molar-refractivity contribution < 1.29 is 18.1 Å². The van der Waals surface area contributed by atoms with E-state index in [2.05, 4.69) is 22.7 Å². The number of allylic oxidation sites excluding steroid dienone is 2. The maximum Gasteiger partial charge on any atom is 0.416 e. The van der Waals surface area contributed by atoms with Gasteiger partial charge in [-0.15, -0.1) is 0 Å². The van der Waals surface area contributed by atoms with E-state index in [1.165, 1.54) is 0 Å². The lowest BCUT2D eigenvalue weighted by molar-refractivity contribution is -0.384. The molecule has 0 aliphatic heterocycles. The molecule has 22 heavy (non-hydrogen) atoms. The molecule has 2 aliphatic rings. The Morgan fingerprint density at radius 1 is 1.36 bits per heavy atom. The van der Waals surface area contributed by atoms with Gasteiger partial charge in [0.15, 0.2) is 0 Å². The Balaban J connectivity index is 1.81. The van der Waals surface area contributed by atoms with Crippen molar-refractivity contribution in [2.45, 2.75) is 19.0 Å². The molecule has 2 atom stereocenters. The molecule has 0 amide bonds. The van der Waals surface area contributed by atoms with Crippen molar-refractivity contribution in [3.63, 3.8) is 0 Å². The summed E-state index contributed by atoms with van der Waals surface area (Å²) in [5.41, 5.74) is 1.70. The third kappa shape index (κ3) is 2.56. The van der Waals surface area contributed by atoms with Gasteiger partial charge in [-0.3, -0.25) is 15.5 Å². The maximum absolute atomic E-state index is 12.6. The average molecular weight is 311 g/mol. The van der Waals surface area contributed by atoms with Crippen LogP contribution in [0.2, 0.25) is 0 Å². The molecule has 116 valence electrons. The number of nitro benzene ring substituents is 1. The summed E-state index contributed by atoms with van der Waals surface area (Å²) >= 11 is 0. The summed E-state index contributed by atoms with van der Waals surface area (Å²) in [6.45, 7) is 0. The highest BCUT2D eigenvalue weighted by atomic mass is 19.4. The Kier molecular flexibility index (Phi) is 3.38. The zero-order valence-corrected chi connectivity index (χ0v) is 11.3. The molecular weight excluding hydrogens is 299 g/mol. The Morgan fingerprint density at radius 3 is 2.77 bits per heavy atom. The van der Waals surface area contributed by atoms with Crippen LogP contribution in [-0.4, -0.2) is 10.6 Å². The van der Waals surface area contributed by atoms with E-state index in [1.807, 2.05) is 0 Å². The normalized spacial score (nSPS) is 25.0. The van der Waals surface area contributed by atoms with Crippen LogP contribution in [0.15, 0.2) is 35.5 Å². The smallest absolute Gasteiger partial charge is 0.272 e. The summed E-state index contributed by atoms with van der Waals surface area (Å²) in [5.74, 6) is 0.796. The van der Waals surface area contributed by atoms with Gasteiger partial charge in [-0.25, -0.2) is 0 Å². The third-order valence-corrected chi connectivity index (χ3v) is 4.00. The van der Waals surface area contributed by atoms with Crippen LogP contribution in [0.4, 0.5) is 24.5 Å². The molecule has 3 rings (SSSR count). The molecule has 2 aliphatic carbocycles. The van der Waals surface area contributed by atoms with E-state index < -0.39 is 22.4 Å². The van der Waals surface area contributed by atoms with Crippen LogP contribution in [-0.2, 0) is 6.18 Å². The van der Waals surface area contributed by atoms with Crippen molar-refractivity contribution in [2.75, 3.05) is 5.43 Å². The third-order valence-electron chi connectivity index (χ3n) is 4.00. The zero-order chi connectivity index (χ0) is 15.9. The van der Waals surface area contributed by atoms with Crippen LogP contribution < -0.4 is 5.43 Å². The first-order valence-corrected chi connectivity index (χ1v) is 6.71. The minimum atomic E-state index is -4.62. The SMILES string of the molecule is O=[N+]([O-])c1cc(C(F)(F)F)ccc1N/N=C1\CC2C=CCC12. The number of hydrogen-bond acceptors (Lipinski definition) is 4. The molecule has 0 bridgehead atoms. The van der Waals surface area contributed by atoms with E-state index >= 15 is 0 Å². The number of nitrogens with zero attached hydrogens (tertiary/aromatic N) is 2. The van der Waals surface area contributed by atoms with Gasteiger partial charge >= 0.3 is 6.18 Å². The van der Waals surface area contributed by atoms with Crippen molar-refractivity contribution in [2.24, 2.45) is 16.9 Å². The van der Waals surface area contributed by atoms with Crippen molar-refractivity contribution in [1.29, 1.82) is 0 Å². The summed E-state index contributed by atoms with van der Waals surface area (Å²) in [7, 11) is 0. The van der Waals surface area contributed by atoms with Crippen LogP contribution in [0.1, 0.15) is 18.4 Å². The van der Waals surface area contributed by atoms with Gasteiger partial charge in [-0.05, 0) is 30.9 Å². The molecule has 8 heteroatoms. The predicted octanol–water partition coefficient (Wildman–Crippen LogP) is 3.98. The van der Waals surface area contributed by atoms with Gasteiger partial charge in [0.1, 0.15) is 5.69 Å². The lowest BCUT2D eigenvalue weighted by Crippen LogP contribution is -2.33. The number of halogens is 3. The maximum atomic E-state index is 12.6. The van der Waals surface area contributed by atoms with Crippen LogP contribution >= 0.6 is 0 Å². The molecule has 0 heterocycles. The number of fused-ring (bicyclic) bond motifs is 1. The van der Waals surface area contributed by atoms with E-state index in [0.717, 1.165) is 30.7 Å². The van der Waals surface area contributed by atoms with Gasteiger partial charge < -0.3 is 0 Å². The van der Waals surface area contributed by atoms with Crippen molar-refractivity contribution in [3.8, 4) is 0 Å². The summed E-state index contributed by atoms with van der Waals surface area (Å²) < 4.78 is 37.8. The predicted molar refractivity (Wildman–Crippen MR) is 74.5 cm³/mol. The monoisotopic (exact) mass is 311 g/mol. The quantitative estimate of drug-likeness (QED) is 0.521. The van der Waals surface area contributed by atoms with Crippen LogP contribution in [0, 0.1) is 22.0 Å². The fourth-order valence-corrected chi connectivity index (χ4v) is 2.75. The molecule has 0 aromatic heterocycles. The van der Waals surface area contributed by atoms with Gasteiger partial charge in [0, 0.05) is 17.7 Å². The first-order chi connectivity index (χ1) is 10.4. The first-order valence-electron chi connectivity index (χ1n) is 6.71. The molecule has 0 radical (unpaired) electrons. The zero-order valence-electron chi connectivity index (χ0n) is 11.3. The second-order valence-corrected chi connectivity index (χ2v) is 5.34. The minimum Gasteiger partial charge on any atom is -0.272 e. The number of rotatable bonds is 3. The summed E-state index contributed by atoms with van der Waals surface area (Å²) in [4.78, 5) is 10.1. The largest absolute Gasteiger partial charge is 0.416 e. The summed E-state index contributed by atoms with van der Waals surface area (Å²) in [5, 5.41) is 15.1. The van der Waals surface area contributed by atoms with Crippen LogP contribution in [0.5, 0.6) is 0 Å². The molecule has 1 aromatic carbocycles. The van der Waals surface area contributed by atoms with Crippen molar-refractivity contribution in [3.05, 3.63) is 46.0 Å². The highest BCUT2D eigenvalue weighted by molar-refractivity contribution is 5.94. The van der Waals surface area contributed by atoms with Crippen molar-refractivity contribution in [1.82, 2.24) is 0 Å². The lowest BCUT2D eigenvalue weighted by atomic mass is 9.74. The first kappa shape index (κ1) is 14.6. The van der Waals surface area contributed by atoms with E-state index in [1.54, 1.807) is 0 Å². The molecule has 1 aromatic rings. The molecule has 5 nitrogen and oxygen atoms in total. The summed E-state index contributed by atoms with van der Waals surface area (Å²) in [6.07, 6.45) is 1.23. The number of nitrogens with one attached hydrogen (secondary N) is 1. The number of benzene rings is 1. The molecule has 1 fully saturated rings. The van der Waals surface area contributed by atoms with Gasteiger partial charge in [-0.2, -0.15) is 18.3 Å². The van der Waals surface area contributed by atoms with E-state index in [9.17, 15) is 23.3 Å². The Bertz CT molecular complexity index is 682. The molecule has 0 saturated heterocycles. The Morgan fingerprint density at radius 2 is 2.14 bits per heavy atom. The number of anilines is 1. The average Bonchev–Trinajstić information content (AvgIpc) is 2.79. The summed E-state index contributed by atoms with van der Waals surface area (Å²) in [6, 6.07) is 2.35. The fourth-order valence-electron chi connectivity index (χ4n) is 2.75. The van der Waals surface area contributed by atoms with E-state index in [4.69, 9.17) is 0 Å². The molecule has 1 N–H and O–H groups in total. The minimum absolute atomic E-state index is 0.0418. The highest BCUT2D eigenvalue weighted by Gasteiger charge is 2.38. The van der Waals surface area contributed by atoms with Gasteiger partial charge in [0.05, 0.1) is 10.5 Å². The molecular formula is C14H12F3N3O2. The van der Waals surface area contributed by atoms with Gasteiger partial charge in [0.25, 0.3) is 5.69 Å². The molecule has 0 spiro atoms. The van der Waals surface area contributed by atoms with Crippen LogP contribution in [0.25, 0.3) is 0 Å². The van der Waals surface area contributed by atoms with Crippen molar-refractivity contribution >= 4 is 17.1 Å². The fraction of sp³-hybridized carbons (Fsp3) is 0.357. The number of hydrogen-bond donors (Lipinski definition) is 1. The van der Waals surface area contributed by atoms with Gasteiger partial charge in [0.2, 0.25) is 0 Å². The number of hydrazone groups is 1. The van der Waals surface area contributed by atoms with Crippen LogP contribution in [0.3, 0.4) is 0 Å². The highest BCUT2D eigenvalue weighted by Crippen LogP contribution is 2.40. The number of nitro groups is 1. The second kappa shape index (κ2) is 5.11. The van der Waals surface area contributed by atoms with E-state index in [0.29, 0.717) is 17.9 Å². The Labute approximate surface area is 123 Å². The standard InChI is InChI=1S/C14H12F3N3O2/c15-14(16,17)9-4-5-11(13(7-9)20(21)22)18-19-12-6-8-2-1-3-10(8)12/h1-2,4-5,7-8,10,18H,3,6H2/b19-12+.